The summed E-state index contributed by atoms with van der Waals surface area (Å²) in [4.78, 5) is 9.30. The van der Waals surface area contributed by atoms with Crippen LogP contribution in [0, 0.1) is 0 Å². The lowest BCUT2D eigenvalue weighted by Crippen LogP contribution is -2.29. The first-order valence-electron chi connectivity index (χ1n) is 7.24. The van der Waals surface area contributed by atoms with Gasteiger partial charge in [-0.3, -0.25) is 4.99 Å². The van der Waals surface area contributed by atoms with Gasteiger partial charge >= 0.3 is 0 Å². The minimum Gasteiger partial charge on any atom is -0.306 e. The second-order valence-electron chi connectivity index (χ2n) is 6.22. The van der Waals surface area contributed by atoms with Crippen LogP contribution in [-0.2, 0) is 6.42 Å². The fourth-order valence-corrected chi connectivity index (χ4v) is 3.05. The fourth-order valence-electron chi connectivity index (χ4n) is 3.05. The molecule has 1 aliphatic rings. The molecule has 0 fully saturated rings. The molecule has 0 saturated heterocycles. The Morgan fingerprint density at radius 3 is 2.86 bits per heavy atom. The van der Waals surface area contributed by atoms with Crippen molar-refractivity contribution >= 4 is 11.4 Å². The number of benzene rings is 1. The molecule has 2 aromatic heterocycles. The maximum absolute atomic E-state index is 5.00. The molecule has 0 saturated carbocycles. The van der Waals surface area contributed by atoms with Crippen molar-refractivity contribution in [2.45, 2.75) is 25.8 Å². The maximum Gasteiger partial charge on any atom is 0.136 e. The zero-order valence-corrected chi connectivity index (χ0v) is 12.2. The predicted molar refractivity (Wildman–Crippen MR) is 85.1 cm³/mol. The van der Waals surface area contributed by atoms with E-state index in [2.05, 4.69) is 55.4 Å². The summed E-state index contributed by atoms with van der Waals surface area (Å²) in [5.41, 5.74) is 5.74. The van der Waals surface area contributed by atoms with E-state index in [1.165, 1.54) is 11.1 Å². The predicted octanol–water partition coefficient (Wildman–Crippen LogP) is 3.51. The molecule has 3 heterocycles. The Labute approximate surface area is 124 Å². The number of hydrogen-bond donors (Lipinski definition) is 0. The van der Waals surface area contributed by atoms with Gasteiger partial charge in [0.2, 0.25) is 0 Å². The molecule has 0 bridgehead atoms. The highest BCUT2D eigenvalue weighted by Crippen LogP contribution is 2.29. The van der Waals surface area contributed by atoms with E-state index in [-0.39, 0.29) is 5.54 Å². The second kappa shape index (κ2) is 4.29. The third-order valence-corrected chi connectivity index (χ3v) is 3.97. The molecule has 0 spiro atoms. The van der Waals surface area contributed by atoms with Crippen LogP contribution in [0.15, 0.2) is 60.0 Å². The first-order chi connectivity index (χ1) is 10.1. The van der Waals surface area contributed by atoms with Crippen molar-refractivity contribution in [3.63, 3.8) is 0 Å². The van der Waals surface area contributed by atoms with Gasteiger partial charge in [-0.2, -0.15) is 0 Å². The van der Waals surface area contributed by atoms with Crippen LogP contribution in [0.2, 0.25) is 0 Å². The monoisotopic (exact) mass is 275 g/mol. The number of pyridine rings is 1. The van der Waals surface area contributed by atoms with Crippen molar-refractivity contribution < 1.29 is 0 Å². The second-order valence-corrected chi connectivity index (χ2v) is 6.22. The molecule has 3 nitrogen and oxygen atoms in total. The van der Waals surface area contributed by atoms with Gasteiger partial charge in [0.1, 0.15) is 5.65 Å². The van der Waals surface area contributed by atoms with Crippen LogP contribution in [0.3, 0.4) is 0 Å². The molecule has 0 amide bonds. The Balaban J connectivity index is 1.94. The van der Waals surface area contributed by atoms with Crippen molar-refractivity contribution in [1.29, 1.82) is 0 Å². The molecule has 0 unspecified atom stereocenters. The number of nitrogens with zero attached hydrogens (tertiary/aromatic N) is 3. The van der Waals surface area contributed by atoms with Crippen LogP contribution in [-0.4, -0.2) is 20.6 Å². The van der Waals surface area contributed by atoms with E-state index in [9.17, 15) is 0 Å². The summed E-state index contributed by atoms with van der Waals surface area (Å²) in [5, 5.41) is 0. The highest BCUT2D eigenvalue weighted by Gasteiger charge is 2.27. The van der Waals surface area contributed by atoms with E-state index in [0.717, 1.165) is 23.3 Å². The van der Waals surface area contributed by atoms with Gasteiger partial charge in [0.05, 0.1) is 11.3 Å². The third-order valence-electron chi connectivity index (χ3n) is 3.97. The lowest BCUT2D eigenvalue weighted by Gasteiger charge is -2.29. The Bertz CT molecular complexity index is 856. The number of rotatable bonds is 1. The molecule has 0 atom stereocenters. The normalized spacial score (nSPS) is 16.6. The largest absolute Gasteiger partial charge is 0.306 e. The zero-order valence-electron chi connectivity index (χ0n) is 12.2. The quantitative estimate of drug-likeness (QED) is 0.668. The molecule has 3 heteroatoms. The van der Waals surface area contributed by atoms with Gasteiger partial charge in [-0.25, -0.2) is 4.98 Å². The molecule has 21 heavy (non-hydrogen) atoms. The van der Waals surface area contributed by atoms with Crippen LogP contribution < -0.4 is 0 Å². The molecule has 3 aromatic rings. The number of aromatic nitrogens is 2. The van der Waals surface area contributed by atoms with Gasteiger partial charge < -0.3 is 4.40 Å². The first kappa shape index (κ1) is 12.3. The average Bonchev–Trinajstić information content (AvgIpc) is 2.92. The molecule has 4 rings (SSSR count). The molecular formula is C18H17N3. The fraction of sp³-hybridized carbons (Fsp3) is 0.222. The topological polar surface area (TPSA) is 29.7 Å². The Hall–Kier alpha value is -2.42. The van der Waals surface area contributed by atoms with Gasteiger partial charge in [0, 0.05) is 29.7 Å². The number of fused-ring (bicyclic) bond motifs is 2. The van der Waals surface area contributed by atoms with Crippen molar-refractivity contribution in [2.24, 2.45) is 4.99 Å². The van der Waals surface area contributed by atoms with Crippen LogP contribution in [0.1, 0.15) is 30.5 Å². The Morgan fingerprint density at radius 1 is 1.10 bits per heavy atom. The van der Waals surface area contributed by atoms with Crippen LogP contribution >= 0.6 is 0 Å². The summed E-state index contributed by atoms with van der Waals surface area (Å²) in [6, 6.07) is 12.7. The standard InChI is InChI=1S/C18H17N3/c1-18(2)11-13-5-3-4-6-15(13)17(20-18)14-7-8-16-19-9-10-21(16)12-14/h3-10,12H,11H2,1-2H3. The van der Waals surface area contributed by atoms with Crippen molar-refractivity contribution in [1.82, 2.24) is 9.38 Å². The van der Waals surface area contributed by atoms with E-state index >= 15 is 0 Å². The third kappa shape index (κ3) is 2.05. The first-order valence-corrected chi connectivity index (χ1v) is 7.24. The van der Waals surface area contributed by atoms with Gasteiger partial charge in [-0.05, 0) is 38.0 Å². The SMILES string of the molecule is CC1(C)Cc2ccccc2C(c2ccc3nccn3c2)=N1. The van der Waals surface area contributed by atoms with Gasteiger partial charge in [0.25, 0.3) is 0 Å². The number of aliphatic imine (C=N–C) groups is 1. The van der Waals surface area contributed by atoms with Gasteiger partial charge in [-0.15, -0.1) is 0 Å². The van der Waals surface area contributed by atoms with Crippen molar-refractivity contribution in [3.8, 4) is 0 Å². The minimum absolute atomic E-state index is 0.0619. The maximum atomic E-state index is 5.00. The van der Waals surface area contributed by atoms with E-state index in [0.29, 0.717) is 0 Å². The molecule has 104 valence electrons. The molecule has 0 radical (unpaired) electrons. The Morgan fingerprint density at radius 2 is 1.95 bits per heavy atom. The molecule has 1 aliphatic heterocycles. The molecule has 0 N–H and O–H groups in total. The lowest BCUT2D eigenvalue weighted by atomic mass is 9.85. The highest BCUT2D eigenvalue weighted by atomic mass is 15.0. The summed E-state index contributed by atoms with van der Waals surface area (Å²) in [5.74, 6) is 0. The number of hydrogen-bond acceptors (Lipinski definition) is 2. The summed E-state index contributed by atoms with van der Waals surface area (Å²) in [6.45, 7) is 4.39. The van der Waals surface area contributed by atoms with E-state index in [1.807, 2.05) is 22.9 Å². The zero-order chi connectivity index (χ0) is 14.4. The highest BCUT2D eigenvalue weighted by molar-refractivity contribution is 6.14. The van der Waals surface area contributed by atoms with E-state index < -0.39 is 0 Å². The molecule has 1 aromatic carbocycles. The summed E-state index contributed by atoms with van der Waals surface area (Å²) in [6.07, 6.45) is 6.89. The summed E-state index contributed by atoms with van der Waals surface area (Å²) >= 11 is 0. The lowest BCUT2D eigenvalue weighted by molar-refractivity contribution is 0.513. The van der Waals surface area contributed by atoms with Crippen LogP contribution in [0.25, 0.3) is 5.65 Å². The van der Waals surface area contributed by atoms with Crippen LogP contribution in [0.4, 0.5) is 0 Å². The van der Waals surface area contributed by atoms with E-state index in [1.54, 1.807) is 0 Å². The van der Waals surface area contributed by atoms with Crippen molar-refractivity contribution in [3.05, 3.63) is 71.7 Å². The summed E-state index contributed by atoms with van der Waals surface area (Å²) in [7, 11) is 0. The minimum atomic E-state index is -0.0619. The smallest absolute Gasteiger partial charge is 0.136 e. The number of imidazole rings is 1. The molecule has 0 aliphatic carbocycles. The van der Waals surface area contributed by atoms with E-state index in [4.69, 9.17) is 4.99 Å². The van der Waals surface area contributed by atoms with Crippen molar-refractivity contribution in [2.75, 3.05) is 0 Å². The van der Waals surface area contributed by atoms with Crippen LogP contribution in [0.5, 0.6) is 0 Å². The van der Waals surface area contributed by atoms with Gasteiger partial charge in [-0.1, -0.05) is 24.3 Å². The van der Waals surface area contributed by atoms with Gasteiger partial charge in [0.15, 0.2) is 0 Å². The molecular weight excluding hydrogens is 258 g/mol. The Kier molecular flexibility index (Phi) is 2.52. The average molecular weight is 275 g/mol. The summed E-state index contributed by atoms with van der Waals surface area (Å²) < 4.78 is 2.04.